The van der Waals surface area contributed by atoms with Crippen molar-refractivity contribution in [1.82, 2.24) is 0 Å². The fourth-order valence-electron chi connectivity index (χ4n) is 4.36. The van der Waals surface area contributed by atoms with Crippen LogP contribution >= 0.6 is 0 Å². The molecule has 1 fully saturated rings. The number of hydrogen-bond donors (Lipinski definition) is 1. The van der Waals surface area contributed by atoms with Gasteiger partial charge in [0, 0.05) is 0 Å². The topological polar surface area (TPSA) is 89.9 Å². The summed E-state index contributed by atoms with van der Waals surface area (Å²) in [6.07, 6.45) is 9.34. The molecule has 1 saturated carbocycles. The molecule has 0 aromatic heterocycles. The summed E-state index contributed by atoms with van der Waals surface area (Å²) in [6.45, 7) is 9.19. The number of carboxylic acids is 1. The Balaban J connectivity index is 2.59. The lowest BCUT2D eigenvalue weighted by Crippen LogP contribution is -2.39. The Kier molecular flexibility index (Phi) is 13.5. The molecule has 1 aliphatic carbocycles. The maximum absolute atomic E-state index is 12.6. The number of esters is 2. The molecule has 1 aliphatic rings. The molecule has 5 unspecified atom stereocenters. The zero-order chi connectivity index (χ0) is 23.2. The molecule has 5 atom stereocenters. The van der Waals surface area contributed by atoms with Gasteiger partial charge in [0.2, 0.25) is 0 Å². The van der Waals surface area contributed by atoms with Crippen LogP contribution in [0.3, 0.4) is 0 Å². The molecule has 0 bridgehead atoms. The SMILES string of the molecule is CCCCC(CC)COC(=O)C1CCC(C(=O)OCC(CC)CCCC)C(C(=O)O)C1. The summed E-state index contributed by atoms with van der Waals surface area (Å²) in [5, 5.41) is 9.69. The molecule has 0 amide bonds. The van der Waals surface area contributed by atoms with E-state index in [-0.39, 0.29) is 12.4 Å². The van der Waals surface area contributed by atoms with Crippen LogP contribution in [0.25, 0.3) is 0 Å². The van der Waals surface area contributed by atoms with Crippen LogP contribution in [0.4, 0.5) is 0 Å². The molecule has 6 heteroatoms. The minimum Gasteiger partial charge on any atom is -0.481 e. The summed E-state index contributed by atoms with van der Waals surface area (Å²) >= 11 is 0. The molecule has 0 aromatic carbocycles. The second kappa shape index (κ2) is 15.3. The summed E-state index contributed by atoms with van der Waals surface area (Å²) in [4.78, 5) is 37.0. The Hall–Kier alpha value is -1.59. The Bertz CT molecular complexity index is 546. The highest BCUT2D eigenvalue weighted by atomic mass is 16.5. The number of hydrogen-bond acceptors (Lipinski definition) is 5. The summed E-state index contributed by atoms with van der Waals surface area (Å²) < 4.78 is 11.1. The van der Waals surface area contributed by atoms with E-state index in [9.17, 15) is 19.5 Å². The van der Waals surface area contributed by atoms with Gasteiger partial charge in [0.05, 0.1) is 31.0 Å². The highest BCUT2D eigenvalue weighted by Gasteiger charge is 2.43. The Morgan fingerprint density at radius 3 is 1.77 bits per heavy atom. The van der Waals surface area contributed by atoms with Crippen molar-refractivity contribution in [3.8, 4) is 0 Å². The van der Waals surface area contributed by atoms with Gasteiger partial charge >= 0.3 is 17.9 Å². The number of carboxylic acid groups (broad SMARTS) is 1. The Morgan fingerprint density at radius 1 is 0.806 bits per heavy atom. The van der Waals surface area contributed by atoms with E-state index in [0.29, 0.717) is 37.9 Å². The van der Waals surface area contributed by atoms with Crippen LogP contribution in [0, 0.1) is 29.6 Å². The molecular weight excluding hydrogens is 396 g/mol. The van der Waals surface area contributed by atoms with Gasteiger partial charge in [0.1, 0.15) is 0 Å². The van der Waals surface area contributed by atoms with Gasteiger partial charge < -0.3 is 14.6 Å². The summed E-state index contributed by atoms with van der Waals surface area (Å²) in [5.74, 6) is -3.15. The highest BCUT2D eigenvalue weighted by molar-refractivity contribution is 5.83. The maximum atomic E-state index is 12.6. The van der Waals surface area contributed by atoms with E-state index in [1.807, 2.05) is 0 Å². The molecule has 0 aliphatic heterocycles. The third-order valence-corrected chi connectivity index (χ3v) is 6.81. The van der Waals surface area contributed by atoms with Crippen molar-refractivity contribution in [1.29, 1.82) is 0 Å². The number of rotatable bonds is 15. The molecule has 6 nitrogen and oxygen atoms in total. The zero-order valence-electron chi connectivity index (χ0n) is 20.1. The van der Waals surface area contributed by atoms with Gasteiger partial charge in [-0.15, -0.1) is 0 Å². The van der Waals surface area contributed by atoms with Crippen LogP contribution in [0.1, 0.15) is 98.3 Å². The zero-order valence-corrected chi connectivity index (χ0v) is 20.1. The van der Waals surface area contributed by atoms with Crippen LogP contribution in [-0.4, -0.2) is 36.2 Å². The number of ether oxygens (including phenoxy) is 2. The Morgan fingerprint density at radius 2 is 1.32 bits per heavy atom. The van der Waals surface area contributed by atoms with Crippen LogP contribution < -0.4 is 0 Å². The maximum Gasteiger partial charge on any atom is 0.309 e. The van der Waals surface area contributed by atoms with Crippen molar-refractivity contribution >= 4 is 17.9 Å². The van der Waals surface area contributed by atoms with E-state index in [2.05, 4.69) is 27.7 Å². The monoisotopic (exact) mass is 440 g/mol. The van der Waals surface area contributed by atoms with Gasteiger partial charge in [0.25, 0.3) is 0 Å². The van der Waals surface area contributed by atoms with Gasteiger partial charge in [-0.25, -0.2) is 0 Å². The van der Waals surface area contributed by atoms with E-state index in [0.717, 1.165) is 51.4 Å². The standard InChI is InChI=1S/C25H44O6/c1-5-9-11-18(7-3)16-30-24(28)20-13-14-21(22(15-20)23(26)27)25(29)31-17-19(8-4)12-10-6-2/h18-22H,5-17H2,1-4H3,(H,26,27). The molecule has 0 aromatic rings. The fraction of sp³-hybridized carbons (Fsp3) is 0.880. The second-order valence-electron chi connectivity index (χ2n) is 9.15. The fourth-order valence-corrected chi connectivity index (χ4v) is 4.36. The number of carbonyl (C=O) groups excluding carboxylic acids is 2. The van der Waals surface area contributed by atoms with Gasteiger partial charge in [-0.05, 0) is 43.9 Å². The largest absolute Gasteiger partial charge is 0.481 e. The molecule has 0 heterocycles. The summed E-state index contributed by atoms with van der Waals surface area (Å²) in [6, 6.07) is 0. The van der Waals surface area contributed by atoms with Crippen molar-refractivity contribution < 1.29 is 29.0 Å². The van der Waals surface area contributed by atoms with Gasteiger partial charge in [-0.3, -0.25) is 14.4 Å². The normalized spacial score (nSPS) is 23.0. The van der Waals surface area contributed by atoms with E-state index in [1.165, 1.54) is 0 Å². The number of carbonyl (C=O) groups is 3. The van der Waals surface area contributed by atoms with Crippen LogP contribution in [0.2, 0.25) is 0 Å². The third kappa shape index (κ3) is 9.61. The second-order valence-corrected chi connectivity index (χ2v) is 9.15. The van der Waals surface area contributed by atoms with Crippen molar-refractivity contribution in [3.63, 3.8) is 0 Å². The lowest BCUT2D eigenvalue weighted by atomic mass is 9.74. The molecule has 0 radical (unpaired) electrons. The average Bonchev–Trinajstić information content (AvgIpc) is 2.78. The van der Waals surface area contributed by atoms with E-state index in [1.54, 1.807) is 0 Å². The average molecular weight is 441 g/mol. The van der Waals surface area contributed by atoms with Crippen molar-refractivity contribution in [2.24, 2.45) is 29.6 Å². The first-order chi connectivity index (χ1) is 14.9. The molecule has 0 spiro atoms. The van der Waals surface area contributed by atoms with E-state index < -0.39 is 29.7 Å². The van der Waals surface area contributed by atoms with Crippen LogP contribution in [0.5, 0.6) is 0 Å². The van der Waals surface area contributed by atoms with E-state index in [4.69, 9.17) is 9.47 Å². The van der Waals surface area contributed by atoms with Crippen LogP contribution in [0.15, 0.2) is 0 Å². The molecule has 0 saturated heterocycles. The minimum atomic E-state index is -1.04. The van der Waals surface area contributed by atoms with E-state index >= 15 is 0 Å². The van der Waals surface area contributed by atoms with Crippen molar-refractivity contribution in [3.05, 3.63) is 0 Å². The number of unbranched alkanes of at least 4 members (excludes halogenated alkanes) is 2. The molecule has 31 heavy (non-hydrogen) atoms. The van der Waals surface area contributed by atoms with Crippen molar-refractivity contribution in [2.75, 3.05) is 13.2 Å². The lowest BCUT2D eigenvalue weighted by Gasteiger charge is -2.32. The first kappa shape index (κ1) is 27.4. The number of aliphatic carboxylic acids is 1. The predicted molar refractivity (Wildman–Crippen MR) is 120 cm³/mol. The molecule has 1 N–H and O–H groups in total. The highest BCUT2D eigenvalue weighted by Crippen LogP contribution is 2.36. The van der Waals surface area contributed by atoms with Gasteiger partial charge in [0.15, 0.2) is 0 Å². The van der Waals surface area contributed by atoms with Crippen molar-refractivity contribution in [2.45, 2.75) is 98.3 Å². The lowest BCUT2D eigenvalue weighted by molar-refractivity contribution is -0.165. The smallest absolute Gasteiger partial charge is 0.309 e. The van der Waals surface area contributed by atoms with Gasteiger partial charge in [-0.2, -0.15) is 0 Å². The molecule has 180 valence electrons. The summed E-state index contributed by atoms with van der Waals surface area (Å²) in [7, 11) is 0. The quantitative estimate of drug-likeness (QED) is 0.332. The molecular formula is C25H44O6. The summed E-state index contributed by atoms with van der Waals surface area (Å²) in [5.41, 5.74) is 0. The van der Waals surface area contributed by atoms with Gasteiger partial charge in [-0.1, -0.05) is 66.2 Å². The third-order valence-electron chi connectivity index (χ3n) is 6.81. The molecule has 1 rings (SSSR count). The first-order valence-corrected chi connectivity index (χ1v) is 12.4. The first-order valence-electron chi connectivity index (χ1n) is 12.4. The minimum absolute atomic E-state index is 0.146. The Labute approximate surface area is 188 Å². The van der Waals surface area contributed by atoms with Crippen LogP contribution in [-0.2, 0) is 23.9 Å². The predicted octanol–water partition coefficient (Wildman–Crippen LogP) is 5.62.